The topological polar surface area (TPSA) is 116 Å². The van der Waals surface area contributed by atoms with Crippen molar-refractivity contribution in [3.63, 3.8) is 0 Å². The Morgan fingerprint density at radius 3 is 2.63 bits per heavy atom. The van der Waals surface area contributed by atoms with Gasteiger partial charge in [0.05, 0.1) is 0 Å². The quantitative estimate of drug-likeness (QED) is 0.263. The Balaban J connectivity index is 1.08. The first-order valence-corrected chi connectivity index (χ1v) is 14.3. The van der Waals surface area contributed by atoms with Gasteiger partial charge in [0, 0.05) is 42.0 Å². The molecule has 0 spiro atoms. The number of pyridine rings is 1. The summed E-state index contributed by atoms with van der Waals surface area (Å²) >= 11 is 1.41. The minimum Gasteiger partial charge on any atom is -0.436 e. The van der Waals surface area contributed by atoms with Crippen LogP contribution in [0, 0.1) is 12.8 Å². The largest absolute Gasteiger partial charge is 0.436 e. The van der Waals surface area contributed by atoms with Crippen LogP contribution in [0.5, 0.6) is 0 Å². The highest BCUT2D eigenvalue weighted by molar-refractivity contribution is 7.03. The molecule has 5 heterocycles. The van der Waals surface area contributed by atoms with E-state index in [1.807, 2.05) is 65.9 Å². The third kappa shape index (κ3) is 5.00. The number of rotatable bonds is 6. The maximum atomic E-state index is 13.5. The molecule has 1 aliphatic rings. The maximum Gasteiger partial charge on any atom is 0.272 e. The molecule has 0 saturated carbocycles. The van der Waals surface area contributed by atoms with E-state index in [2.05, 4.69) is 36.9 Å². The predicted octanol–water partition coefficient (Wildman–Crippen LogP) is 5.45. The number of amides is 1. The van der Waals surface area contributed by atoms with Crippen molar-refractivity contribution in [3.8, 4) is 22.6 Å². The molecule has 1 aliphatic heterocycles. The van der Waals surface area contributed by atoms with Crippen molar-refractivity contribution in [2.75, 3.05) is 13.1 Å². The number of oxazole rings is 1. The van der Waals surface area contributed by atoms with Crippen LogP contribution in [0.15, 0.2) is 82.9 Å². The van der Waals surface area contributed by atoms with Crippen LogP contribution >= 0.6 is 11.5 Å². The number of fused-ring (bicyclic) bond motifs is 1. The van der Waals surface area contributed by atoms with Gasteiger partial charge in [-0.1, -0.05) is 36.4 Å². The zero-order valence-corrected chi connectivity index (χ0v) is 23.1. The van der Waals surface area contributed by atoms with Crippen molar-refractivity contribution in [2.45, 2.75) is 25.8 Å². The Hall–Kier alpha value is -4.77. The van der Waals surface area contributed by atoms with E-state index in [1.165, 1.54) is 11.5 Å². The number of carbonyl (C=O) groups excluding carboxylic acids is 1. The second-order valence-corrected chi connectivity index (χ2v) is 10.8. The number of likely N-dealkylation sites (tertiary alicyclic amines) is 1. The molecule has 0 radical (unpaired) electrons. The standard InChI is InChI=1S/C30H26N8O2S/c1-19-34-36-38(35-19)28(20-5-3-2-4-6-20)21-10-13-37(14-11-21)30(39)26-16-23(9-12-31-26)29-33-25-15-22(7-8-27(25)40-29)24-17-32-41-18-24/h2-9,12,15-18,21,28H,10-11,13-14H2,1H3. The molecule has 11 heteroatoms. The summed E-state index contributed by atoms with van der Waals surface area (Å²) in [6.45, 7) is 3.08. The first-order valence-electron chi connectivity index (χ1n) is 13.5. The van der Waals surface area contributed by atoms with E-state index in [0.29, 0.717) is 41.6 Å². The Labute approximate surface area is 239 Å². The summed E-state index contributed by atoms with van der Waals surface area (Å²) in [5.41, 5.74) is 5.74. The average Bonchev–Trinajstić information content (AvgIpc) is 3.79. The van der Waals surface area contributed by atoms with Crippen molar-refractivity contribution in [2.24, 2.45) is 5.92 Å². The molecule has 1 amide bonds. The van der Waals surface area contributed by atoms with E-state index in [0.717, 1.165) is 35.0 Å². The van der Waals surface area contributed by atoms with Gasteiger partial charge >= 0.3 is 0 Å². The minimum atomic E-state index is -0.0976. The van der Waals surface area contributed by atoms with Crippen molar-refractivity contribution < 1.29 is 9.21 Å². The van der Waals surface area contributed by atoms with Crippen LogP contribution in [-0.2, 0) is 0 Å². The molecular weight excluding hydrogens is 536 g/mol. The molecule has 10 nitrogen and oxygen atoms in total. The molecule has 2 aromatic carbocycles. The van der Waals surface area contributed by atoms with Gasteiger partial charge in [-0.2, -0.15) is 4.80 Å². The summed E-state index contributed by atoms with van der Waals surface area (Å²) in [6, 6.07) is 19.7. The second-order valence-electron chi connectivity index (χ2n) is 10.2. The lowest BCUT2D eigenvalue weighted by Gasteiger charge is -2.35. The van der Waals surface area contributed by atoms with Gasteiger partial charge < -0.3 is 9.32 Å². The lowest BCUT2D eigenvalue weighted by Crippen LogP contribution is -2.41. The number of tetrazole rings is 1. The highest BCUT2D eigenvalue weighted by Crippen LogP contribution is 2.34. The van der Waals surface area contributed by atoms with E-state index >= 15 is 0 Å². The summed E-state index contributed by atoms with van der Waals surface area (Å²) < 4.78 is 10.2. The van der Waals surface area contributed by atoms with Crippen LogP contribution in [0.4, 0.5) is 0 Å². The Morgan fingerprint density at radius 1 is 1.02 bits per heavy atom. The molecule has 0 aliphatic carbocycles. The first kappa shape index (κ1) is 25.2. The summed E-state index contributed by atoms with van der Waals surface area (Å²) in [7, 11) is 0. The van der Waals surface area contributed by atoms with Crippen molar-refractivity contribution in [3.05, 3.63) is 95.5 Å². The molecule has 1 unspecified atom stereocenters. The third-order valence-corrected chi connectivity index (χ3v) is 8.16. The molecule has 4 aromatic heterocycles. The van der Waals surface area contributed by atoms with E-state index < -0.39 is 0 Å². The number of aryl methyl sites for hydroxylation is 1. The molecular formula is C30H26N8O2S. The first-order chi connectivity index (χ1) is 20.1. The fraction of sp³-hybridized carbons (Fsp3) is 0.233. The molecule has 204 valence electrons. The van der Waals surface area contributed by atoms with Crippen LogP contribution in [-0.4, -0.2) is 58.4 Å². The van der Waals surface area contributed by atoms with Crippen molar-refractivity contribution in [1.29, 1.82) is 0 Å². The molecule has 41 heavy (non-hydrogen) atoms. The highest BCUT2D eigenvalue weighted by Gasteiger charge is 2.32. The van der Waals surface area contributed by atoms with Gasteiger partial charge in [0.25, 0.3) is 5.91 Å². The number of hydrogen-bond acceptors (Lipinski definition) is 9. The number of aromatic nitrogens is 7. The zero-order chi connectivity index (χ0) is 27.8. The van der Waals surface area contributed by atoms with Gasteiger partial charge in [0.1, 0.15) is 17.3 Å². The number of benzene rings is 2. The smallest absolute Gasteiger partial charge is 0.272 e. The molecule has 1 fully saturated rings. The van der Waals surface area contributed by atoms with Gasteiger partial charge in [0.2, 0.25) is 5.89 Å². The van der Waals surface area contributed by atoms with Gasteiger partial charge in [-0.15, -0.1) is 10.2 Å². The Morgan fingerprint density at radius 2 is 1.88 bits per heavy atom. The van der Waals surface area contributed by atoms with Gasteiger partial charge in [-0.05, 0) is 77.8 Å². The summed E-state index contributed by atoms with van der Waals surface area (Å²) in [5.74, 6) is 1.27. The van der Waals surface area contributed by atoms with Crippen LogP contribution in [0.25, 0.3) is 33.7 Å². The summed E-state index contributed by atoms with van der Waals surface area (Å²) in [5, 5.41) is 14.9. The highest BCUT2D eigenvalue weighted by atomic mass is 32.1. The van der Waals surface area contributed by atoms with E-state index in [1.54, 1.807) is 17.1 Å². The zero-order valence-electron chi connectivity index (χ0n) is 22.3. The number of carbonyl (C=O) groups is 1. The fourth-order valence-electron chi connectivity index (χ4n) is 5.50. The molecule has 1 saturated heterocycles. The van der Waals surface area contributed by atoms with Crippen molar-refractivity contribution in [1.82, 2.24) is 39.4 Å². The summed E-state index contributed by atoms with van der Waals surface area (Å²) in [4.78, 5) is 26.2. The van der Waals surface area contributed by atoms with Crippen LogP contribution in [0.3, 0.4) is 0 Å². The monoisotopic (exact) mass is 562 g/mol. The molecule has 7 rings (SSSR count). The lowest BCUT2D eigenvalue weighted by atomic mass is 9.85. The number of piperidine rings is 1. The second kappa shape index (κ2) is 10.7. The molecule has 0 N–H and O–H groups in total. The predicted molar refractivity (Wildman–Crippen MR) is 154 cm³/mol. The minimum absolute atomic E-state index is 0.0354. The molecule has 0 bridgehead atoms. The normalized spacial score (nSPS) is 14.9. The van der Waals surface area contributed by atoms with Crippen LogP contribution < -0.4 is 0 Å². The Kier molecular flexibility index (Phi) is 6.56. The van der Waals surface area contributed by atoms with Crippen molar-refractivity contribution >= 4 is 28.5 Å². The number of hydrogen-bond donors (Lipinski definition) is 0. The van der Waals surface area contributed by atoms with Gasteiger partial charge in [-0.25, -0.2) is 9.36 Å². The fourth-order valence-corrected chi connectivity index (χ4v) is 6.05. The molecule has 1 atom stereocenters. The van der Waals surface area contributed by atoms with E-state index in [4.69, 9.17) is 9.40 Å². The summed E-state index contributed by atoms with van der Waals surface area (Å²) in [6.07, 6.45) is 5.11. The SMILES string of the molecule is Cc1nnn(C(c2ccccc2)C2CCN(C(=O)c3cc(-c4nc5cc(-c6cnsc6)ccc5o4)ccn3)CC2)n1. The molecule has 6 aromatic rings. The van der Waals surface area contributed by atoms with Gasteiger partial charge in [0.15, 0.2) is 11.4 Å². The third-order valence-electron chi connectivity index (χ3n) is 7.57. The number of nitrogens with zero attached hydrogens (tertiary/aromatic N) is 8. The van der Waals surface area contributed by atoms with Crippen LogP contribution in [0.2, 0.25) is 0 Å². The lowest BCUT2D eigenvalue weighted by molar-refractivity contribution is 0.0658. The average molecular weight is 563 g/mol. The van der Waals surface area contributed by atoms with Gasteiger partial charge in [-0.3, -0.25) is 9.78 Å². The van der Waals surface area contributed by atoms with E-state index in [9.17, 15) is 4.79 Å². The maximum absolute atomic E-state index is 13.5. The van der Waals surface area contributed by atoms with E-state index in [-0.39, 0.29) is 17.9 Å². The Bertz CT molecular complexity index is 1810. The van der Waals surface area contributed by atoms with Crippen LogP contribution in [0.1, 0.15) is 40.8 Å².